The molecule has 1 heterocycles. The lowest BCUT2D eigenvalue weighted by atomic mass is 9.93. The molecule has 0 amide bonds. The van der Waals surface area contributed by atoms with Gasteiger partial charge >= 0.3 is 5.97 Å². The summed E-state index contributed by atoms with van der Waals surface area (Å²) in [4.78, 5) is 11.3. The summed E-state index contributed by atoms with van der Waals surface area (Å²) in [7, 11) is 1.25. The standard InChI is InChI=1S/C26H29FO5/c1-15(2)21-11-5-16(3)25-24(21)22(26(32-25)17-6-8-18(27)9-7-17)12-10-19(28)13-20(29)14-23(30)31-4/h5-12,15,19-20,28-29H,13-14H2,1-4H3/b12-10+. The molecule has 170 valence electrons. The van der Waals surface area contributed by atoms with Crippen molar-refractivity contribution in [3.05, 3.63) is 65.0 Å². The minimum atomic E-state index is -1.02. The maximum Gasteiger partial charge on any atom is 0.308 e. The number of halogens is 1. The molecule has 0 aliphatic carbocycles. The van der Waals surface area contributed by atoms with Gasteiger partial charge in [0.25, 0.3) is 0 Å². The number of aliphatic hydroxyl groups is 2. The second-order valence-electron chi connectivity index (χ2n) is 8.28. The van der Waals surface area contributed by atoms with Crippen LogP contribution in [0.25, 0.3) is 28.4 Å². The van der Waals surface area contributed by atoms with Crippen LogP contribution in [0.3, 0.4) is 0 Å². The van der Waals surface area contributed by atoms with Gasteiger partial charge in [-0.3, -0.25) is 4.79 Å². The van der Waals surface area contributed by atoms with E-state index in [4.69, 9.17) is 4.42 Å². The second kappa shape index (κ2) is 10.1. The molecule has 0 aliphatic heterocycles. The van der Waals surface area contributed by atoms with Gasteiger partial charge in [-0.1, -0.05) is 38.1 Å². The average Bonchev–Trinajstić information content (AvgIpc) is 3.12. The van der Waals surface area contributed by atoms with Crippen molar-refractivity contribution in [1.29, 1.82) is 0 Å². The Morgan fingerprint density at radius 1 is 1.16 bits per heavy atom. The molecule has 0 spiro atoms. The third kappa shape index (κ3) is 5.26. The maximum atomic E-state index is 13.5. The van der Waals surface area contributed by atoms with Crippen LogP contribution in [0.2, 0.25) is 0 Å². The van der Waals surface area contributed by atoms with Crippen molar-refractivity contribution in [2.75, 3.05) is 7.11 Å². The molecule has 0 fully saturated rings. The van der Waals surface area contributed by atoms with Gasteiger partial charge in [-0.2, -0.15) is 0 Å². The molecule has 3 aromatic rings. The van der Waals surface area contributed by atoms with Crippen molar-refractivity contribution in [2.24, 2.45) is 0 Å². The fraction of sp³-hybridized carbons (Fsp3) is 0.346. The lowest BCUT2D eigenvalue weighted by molar-refractivity contribution is -0.143. The van der Waals surface area contributed by atoms with Gasteiger partial charge in [-0.25, -0.2) is 4.39 Å². The van der Waals surface area contributed by atoms with E-state index < -0.39 is 18.2 Å². The smallest absolute Gasteiger partial charge is 0.308 e. The Bertz CT molecular complexity index is 1110. The van der Waals surface area contributed by atoms with E-state index in [0.29, 0.717) is 5.76 Å². The van der Waals surface area contributed by atoms with E-state index in [0.717, 1.165) is 33.2 Å². The second-order valence-corrected chi connectivity index (χ2v) is 8.28. The lowest BCUT2D eigenvalue weighted by Gasteiger charge is -2.12. The molecule has 6 heteroatoms. The highest BCUT2D eigenvalue weighted by Crippen LogP contribution is 2.40. The van der Waals surface area contributed by atoms with Gasteiger partial charge in [-0.15, -0.1) is 0 Å². The van der Waals surface area contributed by atoms with Gasteiger partial charge in [0.15, 0.2) is 0 Å². The molecule has 0 saturated carbocycles. The van der Waals surface area contributed by atoms with Crippen LogP contribution in [0, 0.1) is 12.7 Å². The fourth-order valence-corrected chi connectivity index (χ4v) is 3.76. The van der Waals surface area contributed by atoms with E-state index in [-0.39, 0.29) is 24.6 Å². The van der Waals surface area contributed by atoms with E-state index in [9.17, 15) is 19.4 Å². The number of fused-ring (bicyclic) bond motifs is 1. The van der Waals surface area contributed by atoms with E-state index in [1.807, 2.05) is 13.0 Å². The van der Waals surface area contributed by atoms with Crippen molar-refractivity contribution in [3.8, 4) is 11.3 Å². The van der Waals surface area contributed by atoms with Crippen LogP contribution >= 0.6 is 0 Å². The van der Waals surface area contributed by atoms with Gasteiger partial charge in [-0.05, 0) is 48.2 Å². The molecule has 1 aromatic heterocycles. The molecule has 2 unspecified atom stereocenters. The van der Waals surface area contributed by atoms with Gasteiger partial charge < -0.3 is 19.4 Å². The number of carbonyl (C=O) groups is 1. The molecule has 0 radical (unpaired) electrons. The van der Waals surface area contributed by atoms with Crippen molar-refractivity contribution in [2.45, 2.75) is 51.7 Å². The first-order chi connectivity index (χ1) is 15.2. The highest BCUT2D eigenvalue weighted by molar-refractivity contribution is 5.98. The minimum absolute atomic E-state index is 0.0106. The Morgan fingerprint density at radius 3 is 2.47 bits per heavy atom. The number of carbonyl (C=O) groups excluding carboxylic acids is 1. The number of hydrogen-bond acceptors (Lipinski definition) is 5. The Balaban J connectivity index is 2.06. The van der Waals surface area contributed by atoms with Crippen molar-refractivity contribution < 1.29 is 28.6 Å². The van der Waals surface area contributed by atoms with Crippen LogP contribution < -0.4 is 0 Å². The first kappa shape index (κ1) is 23.7. The normalized spacial score (nSPS) is 13.8. The molecule has 2 aromatic carbocycles. The summed E-state index contributed by atoms with van der Waals surface area (Å²) >= 11 is 0. The van der Waals surface area contributed by atoms with Crippen LogP contribution in [-0.2, 0) is 9.53 Å². The maximum absolute atomic E-state index is 13.5. The zero-order valence-electron chi connectivity index (χ0n) is 18.8. The van der Waals surface area contributed by atoms with Gasteiger partial charge in [0.1, 0.15) is 17.2 Å². The summed E-state index contributed by atoms with van der Waals surface area (Å²) in [6, 6.07) is 10.2. The SMILES string of the molecule is COC(=O)CC(O)CC(O)/C=C/c1c(-c2ccc(F)cc2)oc2c(C)ccc(C(C)C)c12. The molecule has 0 saturated heterocycles. The quantitative estimate of drug-likeness (QED) is 0.461. The zero-order chi connectivity index (χ0) is 23.4. The largest absolute Gasteiger partial charge is 0.469 e. The summed E-state index contributed by atoms with van der Waals surface area (Å²) in [6.07, 6.45) is 1.15. The predicted molar refractivity (Wildman–Crippen MR) is 123 cm³/mol. The third-order valence-electron chi connectivity index (χ3n) is 5.46. The number of esters is 1. The fourth-order valence-electron chi connectivity index (χ4n) is 3.76. The highest BCUT2D eigenvalue weighted by Gasteiger charge is 2.21. The first-order valence-corrected chi connectivity index (χ1v) is 10.6. The minimum Gasteiger partial charge on any atom is -0.469 e. The Hall–Kier alpha value is -2.96. The number of methoxy groups -OCH3 is 1. The third-order valence-corrected chi connectivity index (χ3v) is 5.46. The number of benzene rings is 2. The number of ether oxygens (including phenoxy) is 1. The molecule has 0 bridgehead atoms. The van der Waals surface area contributed by atoms with Crippen molar-refractivity contribution in [3.63, 3.8) is 0 Å². The molecular weight excluding hydrogens is 411 g/mol. The molecule has 0 aliphatic rings. The molecule has 3 rings (SSSR count). The Morgan fingerprint density at radius 2 is 1.84 bits per heavy atom. The summed E-state index contributed by atoms with van der Waals surface area (Å²) in [6.45, 7) is 6.16. The van der Waals surface area contributed by atoms with E-state index in [2.05, 4.69) is 24.7 Å². The van der Waals surface area contributed by atoms with Gasteiger partial charge in [0, 0.05) is 22.9 Å². The number of furan rings is 1. The van der Waals surface area contributed by atoms with Gasteiger partial charge in [0.05, 0.1) is 25.7 Å². The van der Waals surface area contributed by atoms with Crippen molar-refractivity contribution in [1.82, 2.24) is 0 Å². The molecule has 5 nitrogen and oxygen atoms in total. The number of rotatable bonds is 8. The number of hydrogen-bond donors (Lipinski definition) is 2. The molecular formula is C26H29FO5. The lowest BCUT2D eigenvalue weighted by Crippen LogP contribution is -2.20. The molecule has 2 N–H and O–H groups in total. The molecule has 2 atom stereocenters. The Kier molecular flexibility index (Phi) is 7.48. The average molecular weight is 441 g/mol. The van der Waals surface area contributed by atoms with E-state index in [1.54, 1.807) is 24.3 Å². The van der Waals surface area contributed by atoms with Crippen molar-refractivity contribution >= 4 is 23.0 Å². The number of aliphatic hydroxyl groups excluding tert-OH is 2. The van der Waals surface area contributed by atoms with Crippen LogP contribution in [0.1, 0.15) is 49.3 Å². The van der Waals surface area contributed by atoms with E-state index in [1.165, 1.54) is 19.2 Å². The van der Waals surface area contributed by atoms with Crippen LogP contribution in [0.5, 0.6) is 0 Å². The number of aryl methyl sites for hydroxylation is 1. The molecule has 32 heavy (non-hydrogen) atoms. The predicted octanol–water partition coefficient (Wildman–Crippen LogP) is 5.36. The van der Waals surface area contributed by atoms with Crippen LogP contribution in [-0.4, -0.2) is 35.5 Å². The summed E-state index contributed by atoms with van der Waals surface area (Å²) in [5.74, 6) is -0.0633. The monoisotopic (exact) mass is 440 g/mol. The summed E-state index contributed by atoms with van der Waals surface area (Å²) < 4.78 is 24.3. The summed E-state index contributed by atoms with van der Waals surface area (Å²) in [5.41, 5.74) is 4.32. The Labute approximate surface area is 187 Å². The topological polar surface area (TPSA) is 79.9 Å². The highest BCUT2D eigenvalue weighted by atomic mass is 19.1. The van der Waals surface area contributed by atoms with E-state index >= 15 is 0 Å². The zero-order valence-corrected chi connectivity index (χ0v) is 18.8. The van der Waals surface area contributed by atoms with Crippen LogP contribution in [0.4, 0.5) is 4.39 Å². The summed E-state index contributed by atoms with van der Waals surface area (Å²) in [5, 5.41) is 21.4. The first-order valence-electron chi connectivity index (χ1n) is 10.6. The van der Waals surface area contributed by atoms with Crippen LogP contribution in [0.15, 0.2) is 46.9 Å². The van der Waals surface area contributed by atoms with Gasteiger partial charge in [0.2, 0.25) is 0 Å².